The third-order valence-corrected chi connectivity index (χ3v) is 2.53. The van der Waals surface area contributed by atoms with Gasteiger partial charge in [-0.25, -0.2) is 0 Å². The molecule has 0 bridgehead atoms. The van der Waals surface area contributed by atoms with E-state index >= 15 is 0 Å². The second kappa shape index (κ2) is 3.22. The second-order valence-electron chi connectivity index (χ2n) is 3.39. The van der Waals surface area contributed by atoms with E-state index in [2.05, 4.69) is 0 Å². The summed E-state index contributed by atoms with van der Waals surface area (Å²) in [6.07, 6.45) is 4.18. The van der Waals surface area contributed by atoms with Gasteiger partial charge in [-0.05, 0) is 19.1 Å². The van der Waals surface area contributed by atoms with Gasteiger partial charge in [-0.3, -0.25) is 4.79 Å². The van der Waals surface area contributed by atoms with E-state index < -0.39 is 5.79 Å². The van der Waals surface area contributed by atoms with Gasteiger partial charge in [-0.15, -0.1) is 0 Å². The number of hydrogen-bond donors (Lipinski definition) is 1. The van der Waals surface area contributed by atoms with E-state index in [0.29, 0.717) is 18.8 Å². The molecule has 1 unspecified atom stereocenters. The molecule has 0 amide bonds. The zero-order valence-electron chi connectivity index (χ0n) is 8.06. The number of aliphatic hydroxyl groups is 1. The Morgan fingerprint density at radius 2 is 2.50 bits per heavy atom. The Morgan fingerprint density at radius 3 is 3.21 bits per heavy atom. The summed E-state index contributed by atoms with van der Waals surface area (Å²) in [7, 11) is 0. The summed E-state index contributed by atoms with van der Waals surface area (Å²) < 4.78 is 5.26. The van der Waals surface area contributed by atoms with Gasteiger partial charge >= 0.3 is 0 Å². The Morgan fingerprint density at radius 1 is 1.71 bits per heavy atom. The zero-order valence-corrected chi connectivity index (χ0v) is 8.06. The average Bonchev–Trinajstić information content (AvgIpc) is 2.18. The van der Waals surface area contributed by atoms with Crippen molar-refractivity contribution in [3.05, 3.63) is 23.9 Å². The third-order valence-electron chi connectivity index (χ3n) is 2.53. The van der Waals surface area contributed by atoms with E-state index in [1.807, 2.05) is 11.8 Å². The Hall–Kier alpha value is -1.13. The summed E-state index contributed by atoms with van der Waals surface area (Å²) in [5.41, 5.74) is 0.554. The van der Waals surface area contributed by atoms with Crippen LogP contribution in [0.1, 0.15) is 6.92 Å². The molecule has 2 aliphatic rings. The normalized spacial score (nSPS) is 31.4. The van der Waals surface area contributed by atoms with E-state index in [1.54, 1.807) is 0 Å². The van der Waals surface area contributed by atoms with E-state index in [-0.39, 0.29) is 5.78 Å². The van der Waals surface area contributed by atoms with Gasteiger partial charge in [0.15, 0.2) is 5.78 Å². The highest BCUT2D eigenvalue weighted by Gasteiger charge is 2.39. The zero-order chi connectivity index (χ0) is 10.2. The van der Waals surface area contributed by atoms with E-state index in [0.717, 1.165) is 6.54 Å². The summed E-state index contributed by atoms with van der Waals surface area (Å²) in [6.45, 7) is 3.93. The van der Waals surface area contributed by atoms with Crippen LogP contribution in [0.15, 0.2) is 23.9 Å². The van der Waals surface area contributed by atoms with Gasteiger partial charge in [0.1, 0.15) is 0 Å². The molecule has 4 heteroatoms. The summed E-state index contributed by atoms with van der Waals surface area (Å²) in [5.74, 6) is -1.49. The number of likely N-dealkylation sites (N-methyl/N-ethyl adjacent to an activating group) is 1. The molecule has 0 radical (unpaired) electrons. The fraction of sp³-hybridized carbons (Fsp3) is 0.500. The molecule has 14 heavy (non-hydrogen) atoms. The van der Waals surface area contributed by atoms with Crippen LogP contribution in [0.25, 0.3) is 0 Å². The lowest BCUT2D eigenvalue weighted by molar-refractivity contribution is -0.177. The first-order chi connectivity index (χ1) is 6.65. The monoisotopic (exact) mass is 195 g/mol. The molecule has 0 aromatic rings. The predicted octanol–water partition coefficient (Wildman–Crippen LogP) is 0.0499. The van der Waals surface area contributed by atoms with Crippen LogP contribution in [-0.4, -0.2) is 41.3 Å². The number of morpholine rings is 1. The van der Waals surface area contributed by atoms with E-state index in [4.69, 9.17) is 4.74 Å². The first-order valence-corrected chi connectivity index (χ1v) is 4.72. The number of ether oxygens (including phenoxy) is 1. The van der Waals surface area contributed by atoms with Crippen LogP contribution in [0.2, 0.25) is 0 Å². The van der Waals surface area contributed by atoms with Crippen LogP contribution >= 0.6 is 0 Å². The Labute approximate surface area is 82.5 Å². The molecule has 0 aromatic carbocycles. The molecule has 0 saturated carbocycles. The number of fused-ring (bicyclic) bond motifs is 1. The Bertz CT molecular complexity index is 321. The van der Waals surface area contributed by atoms with Crippen LogP contribution < -0.4 is 0 Å². The molecule has 1 N–H and O–H groups in total. The molecule has 0 aromatic heterocycles. The predicted molar refractivity (Wildman–Crippen MR) is 50.4 cm³/mol. The summed E-state index contributed by atoms with van der Waals surface area (Å²) in [5, 5.41) is 10.0. The fourth-order valence-electron chi connectivity index (χ4n) is 1.77. The molecule has 1 aliphatic carbocycles. The molecule has 1 atom stereocenters. The fourth-order valence-corrected chi connectivity index (χ4v) is 1.77. The topological polar surface area (TPSA) is 49.8 Å². The minimum absolute atomic E-state index is 0.103. The third kappa shape index (κ3) is 1.36. The molecule has 76 valence electrons. The second-order valence-corrected chi connectivity index (χ2v) is 3.39. The van der Waals surface area contributed by atoms with Gasteiger partial charge in [0, 0.05) is 19.2 Å². The van der Waals surface area contributed by atoms with Crippen molar-refractivity contribution in [2.75, 3.05) is 19.7 Å². The molecule has 1 saturated heterocycles. The number of rotatable bonds is 1. The first-order valence-electron chi connectivity index (χ1n) is 4.72. The highest BCUT2D eigenvalue weighted by Crippen LogP contribution is 2.30. The Balaban J connectivity index is 2.35. The molecular formula is C10H13NO3. The van der Waals surface area contributed by atoms with Crippen molar-refractivity contribution in [1.82, 2.24) is 4.90 Å². The lowest BCUT2D eigenvalue weighted by Gasteiger charge is -2.41. The maximum Gasteiger partial charge on any atom is 0.228 e. The number of carbonyl (C=O) groups excluding carboxylic acids is 1. The van der Waals surface area contributed by atoms with Crippen LogP contribution in [0.3, 0.4) is 0 Å². The van der Waals surface area contributed by atoms with Crippen LogP contribution in [0, 0.1) is 0 Å². The maximum atomic E-state index is 11.2. The average molecular weight is 195 g/mol. The number of nitrogens with zero attached hydrogens (tertiary/aromatic N) is 1. The number of allylic oxidation sites excluding steroid dienone is 2. The quantitative estimate of drug-likeness (QED) is 0.642. The van der Waals surface area contributed by atoms with E-state index in [1.165, 1.54) is 18.2 Å². The van der Waals surface area contributed by atoms with Gasteiger partial charge in [-0.1, -0.05) is 0 Å². The van der Waals surface area contributed by atoms with Crippen LogP contribution in [0.4, 0.5) is 0 Å². The summed E-state index contributed by atoms with van der Waals surface area (Å²) in [4.78, 5) is 13.1. The smallest absolute Gasteiger partial charge is 0.228 e. The SMILES string of the molecule is CCN1CCOC2(O)C=CC(=O)C=C12. The summed E-state index contributed by atoms with van der Waals surface area (Å²) in [6, 6.07) is 0. The van der Waals surface area contributed by atoms with Crippen molar-refractivity contribution < 1.29 is 14.6 Å². The molecule has 0 spiro atoms. The lowest BCUT2D eigenvalue weighted by atomic mass is 10.0. The number of hydrogen-bond acceptors (Lipinski definition) is 4. The van der Waals surface area contributed by atoms with Crippen molar-refractivity contribution >= 4 is 5.78 Å². The largest absolute Gasteiger partial charge is 0.368 e. The van der Waals surface area contributed by atoms with Crippen molar-refractivity contribution in [2.24, 2.45) is 0 Å². The first kappa shape index (κ1) is 9.43. The number of carbonyl (C=O) groups is 1. The molecule has 4 nitrogen and oxygen atoms in total. The highest BCUT2D eigenvalue weighted by molar-refractivity contribution is 6.01. The highest BCUT2D eigenvalue weighted by atomic mass is 16.6. The van der Waals surface area contributed by atoms with Crippen molar-refractivity contribution in [3.8, 4) is 0 Å². The molecular weight excluding hydrogens is 182 g/mol. The van der Waals surface area contributed by atoms with Crippen molar-refractivity contribution in [1.29, 1.82) is 0 Å². The number of ketones is 1. The molecule has 2 rings (SSSR count). The van der Waals surface area contributed by atoms with Gasteiger partial charge in [0.2, 0.25) is 5.79 Å². The Kier molecular flexibility index (Phi) is 2.17. The minimum Gasteiger partial charge on any atom is -0.368 e. The van der Waals surface area contributed by atoms with E-state index in [9.17, 15) is 9.90 Å². The lowest BCUT2D eigenvalue weighted by Crippen LogP contribution is -2.49. The minimum atomic E-state index is -1.39. The maximum absolute atomic E-state index is 11.2. The van der Waals surface area contributed by atoms with Gasteiger partial charge < -0.3 is 14.7 Å². The van der Waals surface area contributed by atoms with Gasteiger partial charge in [0.05, 0.1) is 12.3 Å². The van der Waals surface area contributed by atoms with Crippen molar-refractivity contribution in [3.63, 3.8) is 0 Å². The van der Waals surface area contributed by atoms with Gasteiger partial charge in [-0.2, -0.15) is 0 Å². The van der Waals surface area contributed by atoms with Crippen molar-refractivity contribution in [2.45, 2.75) is 12.7 Å². The summed E-state index contributed by atoms with van der Waals surface area (Å²) >= 11 is 0. The van der Waals surface area contributed by atoms with Crippen LogP contribution in [0.5, 0.6) is 0 Å². The molecule has 1 fully saturated rings. The molecule has 1 heterocycles. The van der Waals surface area contributed by atoms with Gasteiger partial charge in [0.25, 0.3) is 0 Å². The van der Waals surface area contributed by atoms with Crippen LogP contribution in [-0.2, 0) is 9.53 Å². The standard InChI is InChI=1S/C10H13NO3/c1-2-11-5-6-14-10(13)4-3-8(12)7-9(10)11/h3-4,7,13H,2,5-6H2,1H3. The molecule has 1 aliphatic heterocycles.